The average molecular weight is 778 g/mol. The van der Waals surface area contributed by atoms with E-state index in [-0.39, 0.29) is 19.5 Å². The van der Waals surface area contributed by atoms with Gasteiger partial charge in [0.2, 0.25) is 0 Å². The van der Waals surface area contributed by atoms with Crippen molar-refractivity contribution in [3.8, 4) is 39.5 Å². The van der Waals surface area contributed by atoms with E-state index < -0.39 is 18.3 Å². The Morgan fingerprint density at radius 2 is 1.09 bits per heavy atom. The van der Waals surface area contributed by atoms with Gasteiger partial charge in [0.15, 0.2) is 0 Å². The SMILES string of the molecule is CCCC(CCC)COc1cccc(C[C@@H](O)CN)c1-c1cc(C[C@@H](O)CN)c(-c2cc(OCC(CC)CC)cc(C(O)CCN)c2)c(OCC(CC)CC)c1. The standard InChI is InChI=1S/C47H75N3O6/c1-7-14-34(15-8-2)31-55-44-17-13-16-35(22-40(51)27-49)46(44)39-21-37(23-41(52)28-50)47(45(26-39)56-30-33(11-5)12-6)38-20-36(43(53)18-19-48)24-42(25-38)54-29-32(9-3)10-4/h13,16-17,20-21,24-26,32-34,40-41,43,51-53H,7-12,14-15,18-19,22-23,27-31,48-50H2,1-6H3/t40-,41-,43?/m1/s1. The first-order chi connectivity index (χ1) is 27.1. The molecule has 0 aliphatic carbocycles. The van der Waals surface area contributed by atoms with E-state index in [1.54, 1.807) is 0 Å². The Hall–Kier alpha value is -3.18. The van der Waals surface area contributed by atoms with Crippen LogP contribution in [0.15, 0.2) is 48.5 Å². The van der Waals surface area contributed by atoms with Crippen LogP contribution in [0.3, 0.4) is 0 Å². The highest BCUT2D eigenvalue weighted by Gasteiger charge is 2.24. The summed E-state index contributed by atoms with van der Waals surface area (Å²) in [5.74, 6) is 3.21. The van der Waals surface area contributed by atoms with Gasteiger partial charge in [-0.3, -0.25) is 0 Å². The van der Waals surface area contributed by atoms with Gasteiger partial charge in [0.25, 0.3) is 0 Å². The third-order valence-corrected chi connectivity index (χ3v) is 11.2. The summed E-state index contributed by atoms with van der Waals surface area (Å²) in [6.45, 7) is 15.3. The lowest BCUT2D eigenvalue weighted by molar-refractivity contribution is 0.169. The Balaban J connectivity index is 2.41. The van der Waals surface area contributed by atoms with Gasteiger partial charge in [0, 0.05) is 37.1 Å². The molecule has 3 atom stereocenters. The Bertz CT molecular complexity index is 1550. The highest BCUT2D eigenvalue weighted by Crippen LogP contribution is 2.44. The third kappa shape index (κ3) is 14.0. The summed E-state index contributed by atoms with van der Waals surface area (Å²) in [4.78, 5) is 0. The average Bonchev–Trinajstić information content (AvgIpc) is 3.20. The van der Waals surface area contributed by atoms with Gasteiger partial charge in [-0.15, -0.1) is 0 Å². The van der Waals surface area contributed by atoms with Crippen LogP contribution in [-0.4, -0.2) is 67.0 Å². The van der Waals surface area contributed by atoms with E-state index in [9.17, 15) is 15.3 Å². The molecule has 0 aromatic heterocycles. The molecule has 9 heteroatoms. The van der Waals surface area contributed by atoms with E-state index in [0.717, 1.165) is 90.5 Å². The summed E-state index contributed by atoms with van der Waals surface area (Å²) in [6, 6.07) is 16.1. The van der Waals surface area contributed by atoms with Gasteiger partial charge in [-0.05, 0) is 102 Å². The molecule has 0 radical (unpaired) electrons. The molecule has 0 amide bonds. The van der Waals surface area contributed by atoms with Crippen LogP contribution in [0, 0.1) is 17.8 Å². The molecule has 0 saturated heterocycles. The van der Waals surface area contributed by atoms with Crippen LogP contribution < -0.4 is 31.4 Å². The van der Waals surface area contributed by atoms with Gasteiger partial charge < -0.3 is 46.7 Å². The molecule has 3 aromatic carbocycles. The summed E-state index contributed by atoms with van der Waals surface area (Å²) >= 11 is 0. The Morgan fingerprint density at radius 1 is 0.554 bits per heavy atom. The van der Waals surface area contributed by atoms with Crippen molar-refractivity contribution in [2.24, 2.45) is 35.0 Å². The molecule has 3 rings (SSSR count). The van der Waals surface area contributed by atoms with Crippen LogP contribution in [0.4, 0.5) is 0 Å². The number of aliphatic hydroxyl groups excluding tert-OH is 3. The Labute approximate surface area is 338 Å². The van der Waals surface area contributed by atoms with E-state index in [4.69, 9.17) is 31.4 Å². The quantitative estimate of drug-likeness (QED) is 0.0425. The lowest BCUT2D eigenvalue weighted by Gasteiger charge is -2.25. The maximum atomic E-state index is 11.3. The van der Waals surface area contributed by atoms with E-state index in [2.05, 4.69) is 53.7 Å². The van der Waals surface area contributed by atoms with Gasteiger partial charge in [-0.25, -0.2) is 0 Å². The Morgan fingerprint density at radius 3 is 1.66 bits per heavy atom. The number of ether oxygens (including phenoxy) is 3. The minimum Gasteiger partial charge on any atom is -0.493 e. The van der Waals surface area contributed by atoms with Crippen molar-refractivity contribution in [3.05, 3.63) is 65.2 Å². The molecule has 0 heterocycles. The van der Waals surface area contributed by atoms with Gasteiger partial charge in [0.1, 0.15) is 17.2 Å². The molecule has 1 unspecified atom stereocenters. The third-order valence-electron chi connectivity index (χ3n) is 11.2. The smallest absolute Gasteiger partial charge is 0.128 e. The molecule has 3 aromatic rings. The van der Waals surface area contributed by atoms with Crippen molar-refractivity contribution in [2.75, 3.05) is 39.5 Å². The summed E-state index contributed by atoms with van der Waals surface area (Å²) < 4.78 is 20.0. The van der Waals surface area contributed by atoms with Crippen LogP contribution in [0.5, 0.6) is 17.2 Å². The van der Waals surface area contributed by atoms with Gasteiger partial charge in [-0.1, -0.05) is 98.3 Å². The second kappa shape index (κ2) is 25.2. The minimum atomic E-state index is -0.818. The summed E-state index contributed by atoms with van der Waals surface area (Å²) in [5.41, 5.74) is 23.8. The number of hydrogen-bond donors (Lipinski definition) is 6. The number of aliphatic hydroxyl groups is 3. The predicted molar refractivity (Wildman–Crippen MR) is 231 cm³/mol. The van der Waals surface area contributed by atoms with Crippen molar-refractivity contribution >= 4 is 0 Å². The molecular formula is C47H75N3O6. The van der Waals surface area contributed by atoms with Crippen LogP contribution in [0.25, 0.3) is 22.3 Å². The second-order valence-corrected chi connectivity index (χ2v) is 15.6. The normalized spacial score (nSPS) is 13.4. The zero-order chi connectivity index (χ0) is 41.0. The van der Waals surface area contributed by atoms with E-state index >= 15 is 0 Å². The molecule has 0 aliphatic heterocycles. The molecular weight excluding hydrogens is 703 g/mol. The van der Waals surface area contributed by atoms with Crippen LogP contribution >= 0.6 is 0 Å². The topological polar surface area (TPSA) is 166 Å². The summed E-state index contributed by atoms with van der Waals surface area (Å²) in [7, 11) is 0. The lowest BCUT2D eigenvalue weighted by Crippen LogP contribution is -2.23. The second-order valence-electron chi connectivity index (χ2n) is 15.6. The van der Waals surface area contributed by atoms with Crippen molar-refractivity contribution in [1.29, 1.82) is 0 Å². The van der Waals surface area contributed by atoms with Gasteiger partial charge >= 0.3 is 0 Å². The maximum absolute atomic E-state index is 11.3. The molecule has 0 spiro atoms. The highest BCUT2D eigenvalue weighted by atomic mass is 16.5. The molecule has 0 aliphatic rings. The van der Waals surface area contributed by atoms with Crippen molar-refractivity contribution < 1.29 is 29.5 Å². The fourth-order valence-electron chi connectivity index (χ4n) is 7.46. The number of hydrogen-bond acceptors (Lipinski definition) is 9. The van der Waals surface area contributed by atoms with E-state index in [0.29, 0.717) is 74.0 Å². The first-order valence-electron chi connectivity index (χ1n) is 21.6. The number of benzene rings is 3. The molecule has 9 nitrogen and oxygen atoms in total. The van der Waals surface area contributed by atoms with E-state index in [1.807, 2.05) is 36.4 Å². The molecule has 0 fully saturated rings. The highest BCUT2D eigenvalue weighted by molar-refractivity contribution is 5.83. The number of nitrogens with two attached hydrogens (primary N) is 3. The van der Waals surface area contributed by atoms with Crippen LogP contribution in [0.2, 0.25) is 0 Å². The van der Waals surface area contributed by atoms with E-state index in [1.165, 1.54) is 0 Å². The van der Waals surface area contributed by atoms with Crippen LogP contribution in [0.1, 0.15) is 122 Å². The minimum absolute atomic E-state index is 0.0799. The zero-order valence-electron chi connectivity index (χ0n) is 35.4. The molecule has 9 N–H and O–H groups in total. The first kappa shape index (κ1) is 47.2. The molecule has 0 saturated carbocycles. The number of rotatable bonds is 28. The van der Waals surface area contributed by atoms with Gasteiger partial charge in [-0.2, -0.15) is 0 Å². The van der Waals surface area contributed by atoms with Gasteiger partial charge in [0.05, 0.1) is 38.1 Å². The monoisotopic (exact) mass is 778 g/mol. The molecule has 314 valence electrons. The maximum Gasteiger partial charge on any atom is 0.128 e. The predicted octanol–water partition coefficient (Wildman–Crippen LogP) is 8.35. The largest absolute Gasteiger partial charge is 0.493 e. The fraction of sp³-hybridized carbons (Fsp3) is 0.617. The molecule has 0 bridgehead atoms. The van der Waals surface area contributed by atoms with Crippen molar-refractivity contribution in [1.82, 2.24) is 0 Å². The fourth-order valence-corrected chi connectivity index (χ4v) is 7.46. The molecule has 56 heavy (non-hydrogen) atoms. The summed E-state index contributed by atoms with van der Waals surface area (Å²) in [5, 5.41) is 33.3. The lowest BCUT2D eigenvalue weighted by atomic mass is 9.87. The first-order valence-corrected chi connectivity index (χ1v) is 21.6. The van der Waals surface area contributed by atoms with Crippen molar-refractivity contribution in [2.45, 2.75) is 130 Å². The van der Waals surface area contributed by atoms with Crippen molar-refractivity contribution in [3.63, 3.8) is 0 Å². The zero-order valence-corrected chi connectivity index (χ0v) is 35.4. The Kier molecular flexibility index (Phi) is 21.3. The summed E-state index contributed by atoms with van der Waals surface area (Å²) in [6.07, 6.45) is 6.95. The van der Waals surface area contributed by atoms with Crippen LogP contribution in [-0.2, 0) is 12.8 Å².